The molecule has 0 saturated carbocycles. The normalized spacial score (nSPS) is 14.3. The third-order valence-electron chi connectivity index (χ3n) is 4.90. The van der Waals surface area contributed by atoms with Gasteiger partial charge in [0.2, 0.25) is 12.7 Å². The Morgan fingerprint density at radius 3 is 3.04 bits per heavy atom. The van der Waals surface area contributed by atoms with E-state index in [2.05, 4.69) is 16.3 Å². The molecule has 140 valence electrons. The Morgan fingerprint density at radius 1 is 1.33 bits per heavy atom. The van der Waals surface area contributed by atoms with E-state index in [1.54, 1.807) is 11.3 Å². The van der Waals surface area contributed by atoms with E-state index in [1.807, 2.05) is 25.2 Å². The van der Waals surface area contributed by atoms with E-state index in [0.717, 1.165) is 48.4 Å². The van der Waals surface area contributed by atoms with E-state index < -0.39 is 0 Å². The van der Waals surface area contributed by atoms with Crippen molar-refractivity contribution in [2.45, 2.75) is 32.2 Å². The Labute approximate surface area is 162 Å². The van der Waals surface area contributed by atoms with Gasteiger partial charge >= 0.3 is 0 Å². The molecule has 0 fully saturated rings. The lowest BCUT2D eigenvalue weighted by Gasteiger charge is -2.16. The number of thiophene rings is 1. The number of benzene rings is 1. The molecule has 6 nitrogen and oxygen atoms in total. The van der Waals surface area contributed by atoms with Crippen LogP contribution < -0.4 is 14.8 Å². The van der Waals surface area contributed by atoms with E-state index in [0.29, 0.717) is 23.5 Å². The van der Waals surface area contributed by atoms with Gasteiger partial charge in [0.05, 0.1) is 5.56 Å². The molecular formula is C20H21N3O3S. The van der Waals surface area contributed by atoms with Gasteiger partial charge in [0.15, 0.2) is 11.5 Å². The van der Waals surface area contributed by atoms with Crippen LogP contribution in [0, 0.1) is 11.3 Å². The van der Waals surface area contributed by atoms with Crippen molar-refractivity contribution in [2.24, 2.45) is 0 Å². The lowest BCUT2D eigenvalue weighted by Crippen LogP contribution is -2.24. The van der Waals surface area contributed by atoms with Crippen LogP contribution in [0.3, 0.4) is 0 Å². The van der Waals surface area contributed by atoms with Crippen LogP contribution in [0.1, 0.15) is 34.4 Å². The van der Waals surface area contributed by atoms with Gasteiger partial charge in [0.1, 0.15) is 11.1 Å². The van der Waals surface area contributed by atoms with Crippen LogP contribution in [0.5, 0.6) is 11.5 Å². The van der Waals surface area contributed by atoms with Crippen molar-refractivity contribution in [1.29, 1.82) is 5.26 Å². The molecule has 1 aliphatic carbocycles. The minimum absolute atomic E-state index is 0.0519. The first-order valence-electron chi connectivity index (χ1n) is 9.05. The summed E-state index contributed by atoms with van der Waals surface area (Å²) in [5.74, 6) is 1.49. The molecule has 1 aromatic carbocycles. The fourth-order valence-electron chi connectivity index (χ4n) is 3.52. The van der Waals surface area contributed by atoms with Gasteiger partial charge in [-0.15, -0.1) is 11.3 Å². The highest BCUT2D eigenvalue weighted by molar-refractivity contribution is 7.16. The number of anilines is 1. The summed E-state index contributed by atoms with van der Waals surface area (Å²) in [6.07, 6.45) is 3.45. The number of amides is 1. The number of fused-ring (bicyclic) bond motifs is 2. The van der Waals surface area contributed by atoms with Crippen LogP contribution in [-0.4, -0.2) is 31.2 Å². The molecule has 1 aliphatic heterocycles. The number of aryl methyl sites for hydroxylation is 1. The maximum Gasteiger partial charge on any atom is 0.231 e. The van der Waals surface area contributed by atoms with Crippen molar-refractivity contribution in [2.75, 3.05) is 25.7 Å². The highest BCUT2D eigenvalue weighted by Crippen LogP contribution is 2.38. The number of hydrogen-bond donors (Lipinski definition) is 1. The second-order valence-electron chi connectivity index (χ2n) is 6.90. The number of nitrogens with one attached hydrogen (secondary N) is 1. The maximum absolute atomic E-state index is 12.3. The van der Waals surface area contributed by atoms with Crippen molar-refractivity contribution in [3.8, 4) is 17.6 Å². The van der Waals surface area contributed by atoms with Gasteiger partial charge in [-0.2, -0.15) is 5.26 Å². The lowest BCUT2D eigenvalue weighted by molar-refractivity contribution is -0.116. The van der Waals surface area contributed by atoms with Gasteiger partial charge in [-0.05, 0) is 49.6 Å². The van der Waals surface area contributed by atoms with Gasteiger partial charge in [-0.1, -0.05) is 6.07 Å². The van der Waals surface area contributed by atoms with Crippen molar-refractivity contribution < 1.29 is 14.3 Å². The van der Waals surface area contributed by atoms with Crippen LogP contribution >= 0.6 is 11.3 Å². The smallest absolute Gasteiger partial charge is 0.231 e. The van der Waals surface area contributed by atoms with Gasteiger partial charge in [-0.25, -0.2) is 0 Å². The molecular weight excluding hydrogens is 362 g/mol. The number of carbonyl (C=O) groups excluding carboxylic acids is 1. The van der Waals surface area contributed by atoms with Crippen LogP contribution in [0.2, 0.25) is 0 Å². The first-order chi connectivity index (χ1) is 13.1. The minimum Gasteiger partial charge on any atom is -0.454 e. The standard InChI is InChI=1S/C20H21N3O3S/c1-23(11-13-5-6-16-17(9-13)26-12-25-16)8-7-19(24)22-20-15(10-21)14-3-2-4-18(14)27-20/h5-6,9H,2-4,7-8,11-12H2,1H3,(H,22,24). The molecule has 7 heteroatoms. The predicted molar refractivity (Wildman–Crippen MR) is 103 cm³/mol. The highest BCUT2D eigenvalue weighted by atomic mass is 32.1. The van der Waals surface area contributed by atoms with Gasteiger partial charge in [0, 0.05) is 24.4 Å². The zero-order valence-electron chi connectivity index (χ0n) is 15.2. The number of nitrogens with zero attached hydrogens (tertiary/aromatic N) is 2. The second kappa shape index (κ2) is 7.59. The maximum atomic E-state index is 12.3. The Bertz CT molecular complexity index is 916. The topological polar surface area (TPSA) is 74.6 Å². The third-order valence-corrected chi connectivity index (χ3v) is 6.10. The second-order valence-corrected chi connectivity index (χ2v) is 8.00. The minimum atomic E-state index is -0.0519. The molecule has 0 radical (unpaired) electrons. The molecule has 2 aromatic rings. The third kappa shape index (κ3) is 3.77. The number of rotatable bonds is 6. The average Bonchev–Trinajstić information content (AvgIpc) is 3.35. The van der Waals surface area contributed by atoms with Crippen LogP contribution in [0.25, 0.3) is 0 Å². The Morgan fingerprint density at radius 2 is 2.19 bits per heavy atom. The quantitative estimate of drug-likeness (QED) is 0.828. The molecule has 2 heterocycles. The first-order valence-corrected chi connectivity index (χ1v) is 9.87. The van der Waals surface area contributed by atoms with E-state index in [9.17, 15) is 10.1 Å². The molecule has 0 bridgehead atoms. The Balaban J connectivity index is 1.30. The molecule has 1 aromatic heterocycles. The monoisotopic (exact) mass is 383 g/mol. The van der Waals surface area contributed by atoms with E-state index in [-0.39, 0.29) is 12.7 Å². The average molecular weight is 383 g/mol. The summed E-state index contributed by atoms with van der Waals surface area (Å²) in [4.78, 5) is 15.7. The van der Waals surface area contributed by atoms with Crippen molar-refractivity contribution in [3.05, 3.63) is 39.8 Å². The highest BCUT2D eigenvalue weighted by Gasteiger charge is 2.23. The zero-order valence-corrected chi connectivity index (χ0v) is 16.0. The summed E-state index contributed by atoms with van der Waals surface area (Å²) < 4.78 is 10.7. The zero-order chi connectivity index (χ0) is 18.8. The van der Waals surface area contributed by atoms with E-state index >= 15 is 0 Å². The molecule has 0 unspecified atom stereocenters. The summed E-state index contributed by atoms with van der Waals surface area (Å²) in [6.45, 7) is 1.62. The number of carbonyl (C=O) groups is 1. The summed E-state index contributed by atoms with van der Waals surface area (Å²) in [7, 11) is 1.98. The Hall–Kier alpha value is -2.56. The van der Waals surface area contributed by atoms with Crippen molar-refractivity contribution in [3.63, 3.8) is 0 Å². The SMILES string of the molecule is CN(CCC(=O)Nc1sc2c(c1C#N)CCC2)Cc1ccc2c(c1)OCO2. The van der Waals surface area contributed by atoms with Crippen molar-refractivity contribution >= 4 is 22.2 Å². The number of nitriles is 1. The van der Waals surface area contributed by atoms with Gasteiger partial charge in [0.25, 0.3) is 0 Å². The van der Waals surface area contributed by atoms with Crippen molar-refractivity contribution in [1.82, 2.24) is 4.90 Å². The number of hydrogen-bond acceptors (Lipinski definition) is 6. The van der Waals surface area contributed by atoms with E-state index in [1.165, 1.54) is 4.88 Å². The van der Waals surface area contributed by atoms with Crippen LogP contribution in [-0.2, 0) is 24.2 Å². The predicted octanol–water partition coefficient (Wildman–Crippen LogP) is 3.30. The van der Waals surface area contributed by atoms with E-state index in [4.69, 9.17) is 9.47 Å². The van der Waals surface area contributed by atoms with Gasteiger partial charge < -0.3 is 19.7 Å². The fourth-order valence-corrected chi connectivity index (χ4v) is 4.78. The molecule has 27 heavy (non-hydrogen) atoms. The summed E-state index contributed by atoms with van der Waals surface area (Å²) in [6, 6.07) is 8.16. The summed E-state index contributed by atoms with van der Waals surface area (Å²) >= 11 is 1.56. The van der Waals surface area contributed by atoms with Crippen LogP contribution in [0.15, 0.2) is 18.2 Å². The Kier molecular flexibility index (Phi) is 5.01. The summed E-state index contributed by atoms with van der Waals surface area (Å²) in [5.41, 5.74) is 2.91. The first kappa shape index (κ1) is 17.8. The molecule has 1 N–H and O–H groups in total. The van der Waals surface area contributed by atoms with Crippen LogP contribution in [0.4, 0.5) is 5.00 Å². The number of ether oxygens (including phenoxy) is 2. The fraction of sp³-hybridized carbons (Fsp3) is 0.400. The lowest BCUT2D eigenvalue weighted by atomic mass is 10.1. The molecule has 0 saturated heterocycles. The largest absolute Gasteiger partial charge is 0.454 e. The summed E-state index contributed by atoms with van der Waals surface area (Å²) in [5, 5.41) is 13.1. The van der Waals surface area contributed by atoms with Gasteiger partial charge in [-0.3, -0.25) is 4.79 Å². The molecule has 4 rings (SSSR count). The molecule has 2 aliphatic rings. The molecule has 0 spiro atoms. The molecule has 0 atom stereocenters. The molecule has 1 amide bonds.